The quantitative estimate of drug-likeness (QED) is 0.846. The lowest BCUT2D eigenvalue weighted by Crippen LogP contribution is -2.46. The van der Waals surface area contributed by atoms with Gasteiger partial charge < -0.3 is 10.2 Å². The van der Waals surface area contributed by atoms with Gasteiger partial charge in [-0.1, -0.05) is 6.07 Å². The van der Waals surface area contributed by atoms with Gasteiger partial charge >= 0.3 is 0 Å². The third-order valence-corrected chi connectivity index (χ3v) is 4.99. The molecule has 4 nitrogen and oxygen atoms in total. The van der Waals surface area contributed by atoms with Crippen LogP contribution in [0.1, 0.15) is 32.9 Å². The number of thiophene rings is 1. The molecule has 132 valence electrons. The largest absolute Gasteiger partial charge is 0.349 e. The molecule has 2 heterocycles. The van der Waals surface area contributed by atoms with E-state index in [4.69, 9.17) is 0 Å². The highest BCUT2D eigenvalue weighted by Gasteiger charge is 2.26. The van der Waals surface area contributed by atoms with E-state index in [1.165, 1.54) is 11.3 Å². The maximum atomic E-state index is 13.7. The Balaban J connectivity index is 1.58. The molecule has 0 atom stereocenters. The number of likely N-dealkylation sites (tertiary alicyclic amines) is 1. The molecule has 0 spiro atoms. The Hall–Kier alpha value is -2.35. The van der Waals surface area contributed by atoms with Crippen molar-refractivity contribution < 1.29 is 22.8 Å². The predicted octanol–water partition coefficient (Wildman–Crippen LogP) is 3.20. The summed E-state index contributed by atoms with van der Waals surface area (Å²) in [4.78, 5) is 26.7. The first-order chi connectivity index (χ1) is 12.0. The summed E-state index contributed by atoms with van der Waals surface area (Å²) in [6, 6.07) is 4.94. The Bertz CT molecular complexity index is 787. The lowest BCUT2D eigenvalue weighted by molar-refractivity contribution is 0.0702. The van der Waals surface area contributed by atoms with E-state index in [1.54, 1.807) is 17.0 Å². The van der Waals surface area contributed by atoms with Gasteiger partial charge in [-0.25, -0.2) is 13.2 Å². The molecule has 1 N–H and O–H groups in total. The van der Waals surface area contributed by atoms with E-state index in [1.807, 2.05) is 5.38 Å². The van der Waals surface area contributed by atoms with Crippen molar-refractivity contribution in [3.63, 3.8) is 0 Å². The summed E-state index contributed by atoms with van der Waals surface area (Å²) in [5, 5.41) is 4.44. The molecule has 1 fully saturated rings. The van der Waals surface area contributed by atoms with Crippen LogP contribution in [0.15, 0.2) is 29.6 Å². The summed E-state index contributed by atoms with van der Waals surface area (Å²) in [5.41, 5.74) is -0.531. The van der Waals surface area contributed by atoms with Gasteiger partial charge in [0.05, 0.1) is 10.4 Å². The van der Waals surface area contributed by atoms with Crippen molar-refractivity contribution in [2.75, 3.05) is 13.1 Å². The van der Waals surface area contributed by atoms with Crippen LogP contribution in [0.25, 0.3) is 0 Å². The fraction of sp³-hybridized carbons (Fsp3) is 0.294. The molecule has 0 aliphatic carbocycles. The van der Waals surface area contributed by atoms with Crippen molar-refractivity contribution >= 4 is 23.2 Å². The van der Waals surface area contributed by atoms with Gasteiger partial charge in [-0.3, -0.25) is 9.59 Å². The van der Waals surface area contributed by atoms with Crippen LogP contribution in [-0.4, -0.2) is 35.8 Å². The van der Waals surface area contributed by atoms with Crippen molar-refractivity contribution in [2.45, 2.75) is 18.9 Å². The van der Waals surface area contributed by atoms with Crippen molar-refractivity contribution in [3.8, 4) is 0 Å². The van der Waals surface area contributed by atoms with Gasteiger partial charge in [0.1, 0.15) is 0 Å². The first-order valence-corrected chi connectivity index (χ1v) is 8.62. The van der Waals surface area contributed by atoms with E-state index in [9.17, 15) is 22.8 Å². The molecule has 2 aromatic rings. The molecule has 0 radical (unpaired) electrons. The maximum absolute atomic E-state index is 13.7. The molecule has 1 aliphatic rings. The van der Waals surface area contributed by atoms with Gasteiger partial charge in [-0.2, -0.15) is 0 Å². The highest BCUT2D eigenvalue weighted by molar-refractivity contribution is 7.12. The number of benzene rings is 1. The number of rotatable bonds is 3. The topological polar surface area (TPSA) is 49.4 Å². The maximum Gasteiger partial charge on any atom is 0.263 e. The number of hydrogen-bond donors (Lipinski definition) is 1. The van der Waals surface area contributed by atoms with Crippen LogP contribution < -0.4 is 5.32 Å². The SMILES string of the molecule is O=C(NC1CCN(C(=O)c2cccs2)CC1)c1ccc(F)c(F)c1F. The van der Waals surface area contributed by atoms with Crippen LogP contribution in [0.3, 0.4) is 0 Å². The second-order valence-corrected chi connectivity index (χ2v) is 6.69. The van der Waals surface area contributed by atoms with E-state index >= 15 is 0 Å². The van der Waals surface area contributed by atoms with E-state index in [2.05, 4.69) is 5.32 Å². The van der Waals surface area contributed by atoms with Gasteiger partial charge in [-0.15, -0.1) is 11.3 Å². The van der Waals surface area contributed by atoms with E-state index in [-0.39, 0.29) is 11.9 Å². The van der Waals surface area contributed by atoms with Crippen molar-refractivity contribution in [1.29, 1.82) is 0 Å². The summed E-state index contributed by atoms with van der Waals surface area (Å²) in [6.07, 6.45) is 1.02. The molecular weight excluding hydrogens is 353 g/mol. The summed E-state index contributed by atoms with van der Waals surface area (Å²) in [6.45, 7) is 0.921. The molecule has 25 heavy (non-hydrogen) atoms. The Morgan fingerprint density at radius 1 is 1.08 bits per heavy atom. The molecule has 8 heteroatoms. The van der Waals surface area contributed by atoms with Crippen molar-refractivity contribution in [3.05, 3.63) is 57.5 Å². The second kappa shape index (κ2) is 7.26. The van der Waals surface area contributed by atoms with E-state index < -0.39 is 28.9 Å². The van der Waals surface area contributed by atoms with Gasteiger partial charge in [0.25, 0.3) is 11.8 Å². The molecule has 0 unspecified atom stereocenters. The standard InChI is InChI=1S/C17H15F3N2O2S/c18-12-4-3-11(14(19)15(12)20)16(23)21-10-5-7-22(8-6-10)17(24)13-2-1-9-25-13/h1-4,9-10H,5-8H2,(H,21,23). The van der Waals surface area contributed by atoms with Crippen molar-refractivity contribution in [1.82, 2.24) is 10.2 Å². The van der Waals surface area contributed by atoms with Crippen LogP contribution in [0, 0.1) is 17.5 Å². The number of carbonyl (C=O) groups is 2. The highest BCUT2D eigenvalue weighted by Crippen LogP contribution is 2.19. The lowest BCUT2D eigenvalue weighted by atomic mass is 10.0. The Morgan fingerprint density at radius 2 is 1.80 bits per heavy atom. The minimum Gasteiger partial charge on any atom is -0.349 e. The fourth-order valence-corrected chi connectivity index (χ4v) is 3.44. The Labute approximate surface area is 146 Å². The summed E-state index contributed by atoms with van der Waals surface area (Å²) in [5.74, 6) is -5.34. The zero-order chi connectivity index (χ0) is 18.0. The summed E-state index contributed by atoms with van der Waals surface area (Å²) < 4.78 is 39.8. The number of nitrogens with one attached hydrogen (secondary N) is 1. The number of halogens is 3. The Kier molecular flexibility index (Phi) is 5.08. The van der Waals surface area contributed by atoms with Crippen LogP contribution in [0.4, 0.5) is 13.2 Å². The molecule has 1 aliphatic heterocycles. The van der Waals surface area contributed by atoms with Crippen LogP contribution in [0.5, 0.6) is 0 Å². The van der Waals surface area contributed by atoms with E-state index in [0.717, 1.165) is 12.1 Å². The van der Waals surface area contributed by atoms with Crippen LogP contribution >= 0.6 is 11.3 Å². The number of carbonyl (C=O) groups excluding carboxylic acids is 2. The number of nitrogens with zero attached hydrogens (tertiary/aromatic N) is 1. The average Bonchev–Trinajstić information content (AvgIpc) is 3.14. The third-order valence-electron chi connectivity index (χ3n) is 4.13. The first kappa shape index (κ1) is 17.5. The molecule has 1 saturated heterocycles. The molecule has 2 amide bonds. The van der Waals surface area contributed by atoms with Gasteiger partial charge in [-0.05, 0) is 36.4 Å². The van der Waals surface area contributed by atoms with Gasteiger partial charge in [0.15, 0.2) is 17.5 Å². The molecular formula is C17H15F3N2O2S. The van der Waals surface area contributed by atoms with Gasteiger partial charge in [0.2, 0.25) is 0 Å². The molecule has 3 rings (SSSR count). The zero-order valence-corrected chi connectivity index (χ0v) is 13.9. The van der Waals surface area contributed by atoms with Crippen molar-refractivity contribution in [2.24, 2.45) is 0 Å². The first-order valence-electron chi connectivity index (χ1n) is 7.74. The Morgan fingerprint density at radius 3 is 2.44 bits per heavy atom. The summed E-state index contributed by atoms with van der Waals surface area (Å²) >= 11 is 1.37. The van der Waals surface area contributed by atoms with Crippen LogP contribution in [0.2, 0.25) is 0 Å². The molecule has 0 bridgehead atoms. The minimum absolute atomic E-state index is 0.0496. The zero-order valence-electron chi connectivity index (χ0n) is 13.1. The van der Waals surface area contributed by atoms with E-state index in [0.29, 0.717) is 30.8 Å². The molecule has 0 saturated carbocycles. The second-order valence-electron chi connectivity index (χ2n) is 5.74. The fourth-order valence-electron chi connectivity index (χ4n) is 2.75. The highest BCUT2D eigenvalue weighted by atomic mass is 32.1. The lowest BCUT2D eigenvalue weighted by Gasteiger charge is -2.32. The minimum atomic E-state index is -1.66. The monoisotopic (exact) mass is 368 g/mol. The average molecular weight is 368 g/mol. The molecule has 1 aromatic carbocycles. The number of hydrogen-bond acceptors (Lipinski definition) is 3. The smallest absolute Gasteiger partial charge is 0.263 e. The van der Waals surface area contributed by atoms with Gasteiger partial charge in [0, 0.05) is 19.1 Å². The normalized spacial score (nSPS) is 15.2. The predicted molar refractivity (Wildman–Crippen MR) is 87.0 cm³/mol. The molecule has 1 aromatic heterocycles. The number of piperidine rings is 1. The van der Waals surface area contributed by atoms with Crippen LogP contribution in [-0.2, 0) is 0 Å². The third kappa shape index (κ3) is 3.68. The summed E-state index contributed by atoms with van der Waals surface area (Å²) in [7, 11) is 0. The number of amides is 2.